The number of thiophene rings is 1. The van der Waals surface area contributed by atoms with Gasteiger partial charge in [-0.15, -0.1) is 11.3 Å². The summed E-state index contributed by atoms with van der Waals surface area (Å²) in [6.45, 7) is 1.04. The van der Waals surface area contributed by atoms with Gasteiger partial charge in [0.1, 0.15) is 5.00 Å². The molecule has 1 aromatic carbocycles. The first kappa shape index (κ1) is 23.2. The maximum Gasteiger partial charge on any atom is 0.416 e. The first-order valence-electron chi connectivity index (χ1n) is 7.88. The average molecular weight is 454 g/mol. The van der Waals surface area contributed by atoms with Crippen LogP contribution in [0, 0.1) is 0 Å². The molecule has 2 amide bonds. The number of ether oxygens (including phenoxy) is 1. The number of amides is 2. The van der Waals surface area contributed by atoms with Gasteiger partial charge in [0.2, 0.25) is 0 Å². The van der Waals surface area contributed by atoms with E-state index < -0.39 is 52.9 Å². The van der Waals surface area contributed by atoms with Gasteiger partial charge in [-0.25, -0.2) is 4.79 Å². The molecule has 6 nitrogen and oxygen atoms in total. The van der Waals surface area contributed by atoms with Crippen molar-refractivity contribution in [2.45, 2.75) is 25.4 Å². The average Bonchev–Trinajstić information content (AvgIpc) is 3.08. The molecule has 3 N–H and O–H groups in total. The maximum absolute atomic E-state index is 12.9. The van der Waals surface area contributed by atoms with Gasteiger partial charge in [-0.2, -0.15) is 26.3 Å². The summed E-state index contributed by atoms with van der Waals surface area (Å²) in [5.74, 6) is -3.40. The fraction of sp³-hybridized carbons (Fsp3) is 0.235. The predicted octanol–water partition coefficient (Wildman–Crippen LogP) is 4.07. The smallest absolute Gasteiger partial charge is 0.416 e. The second-order valence-electron chi connectivity index (χ2n) is 5.86. The number of benzene rings is 1. The van der Waals surface area contributed by atoms with Crippen molar-refractivity contribution in [2.75, 3.05) is 5.32 Å². The zero-order valence-electron chi connectivity index (χ0n) is 14.9. The highest BCUT2D eigenvalue weighted by atomic mass is 32.1. The number of alkyl halides is 6. The number of carbonyl (C=O) groups excluding carboxylic acids is 3. The highest BCUT2D eigenvalue weighted by Crippen LogP contribution is 2.36. The summed E-state index contributed by atoms with van der Waals surface area (Å²) in [4.78, 5) is 35.4. The molecule has 0 saturated heterocycles. The van der Waals surface area contributed by atoms with E-state index >= 15 is 0 Å². The molecular formula is C17H12F6N2O4S. The molecule has 0 aliphatic carbocycles. The highest BCUT2D eigenvalue weighted by Gasteiger charge is 2.38. The number of halogens is 6. The van der Waals surface area contributed by atoms with E-state index in [0.717, 1.165) is 18.3 Å². The van der Waals surface area contributed by atoms with Crippen LogP contribution in [0.4, 0.5) is 31.3 Å². The zero-order valence-corrected chi connectivity index (χ0v) is 15.7. The normalized spacial score (nSPS) is 12.9. The monoisotopic (exact) mass is 454 g/mol. The lowest BCUT2D eigenvalue weighted by atomic mass is 10.0. The minimum Gasteiger partial charge on any atom is -0.449 e. The lowest BCUT2D eigenvalue weighted by Crippen LogP contribution is -2.30. The van der Waals surface area contributed by atoms with Crippen LogP contribution in [0.3, 0.4) is 0 Å². The Hall–Kier alpha value is -3.09. The third-order valence-electron chi connectivity index (χ3n) is 3.64. The van der Waals surface area contributed by atoms with E-state index in [2.05, 4.69) is 10.1 Å². The largest absolute Gasteiger partial charge is 0.449 e. The Morgan fingerprint density at radius 3 is 2.03 bits per heavy atom. The van der Waals surface area contributed by atoms with Crippen LogP contribution in [-0.4, -0.2) is 23.9 Å². The van der Waals surface area contributed by atoms with E-state index in [9.17, 15) is 40.7 Å². The van der Waals surface area contributed by atoms with Gasteiger partial charge in [-0.1, -0.05) is 0 Å². The molecule has 0 saturated carbocycles. The zero-order chi connectivity index (χ0) is 22.9. The van der Waals surface area contributed by atoms with Crippen molar-refractivity contribution in [3.8, 4) is 0 Å². The van der Waals surface area contributed by atoms with Crippen LogP contribution in [0.15, 0.2) is 29.6 Å². The van der Waals surface area contributed by atoms with Gasteiger partial charge in [-0.3, -0.25) is 9.59 Å². The lowest BCUT2D eigenvalue weighted by molar-refractivity contribution is -0.143. The van der Waals surface area contributed by atoms with Crippen LogP contribution < -0.4 is 11.1 Å². The van der Waals surface area contributed by atoms with Gasteiger partial charge >= 0.3 is 18.3 Å². The Kier molecular flexibility index (Phi) is 6.45. The van der Waals surface area contributed by atoms with Crippen LogP contribution in [0.5, 0.6) is 0 Å². The Balaban J connectivity index is 2.23. The lowest BCUT2D eigenvalue weighted by Gasteiger charge is -2.16. The van der Waals surface area contributed by atoms with Crippen LogP contribution >= 0.6 is 11.3 Å². The van der Waals surface area contributed by atoms with Gasteiger partial charge in [0, 0.05) is 0 Å². The summed E-state index contributed by atoms with van der Waals surface area (Å²) in [5.41, 5.74) is 0.643. The predicted molar refractivity (Wildman–Crippen MR) is 92.8 cm³/mol. The molecule has 0 aliphatic rings. The first-order chi connectivity index (χ1) is 13.7. The van der Waals surface area contributed by atoms with Gasteiger partial charge in [0.15, 0.2) is 6.10 Å². The molecule has 0 spiro atoms. The molecule has 2 rings (SSSR count). The second kappa shape index (κ2) is 8.34. The minimum atomic E-state index is -5.15. The van der Waals surface area contributed by atoms with Gasteiger partial charge in [0.05, 0.1) is 22.3 Å². The Morgan fingerprint density at radius 2 is 1.57 bits per heavy atom. The van der Waals surface area contributed by atoms with Crippen molar-refractivity contribution in [2.24, 2.45) is 5.73 Å². The van der Waals surface area contributed by atoms with Crippen molar-refractivity contribution >= 4 is 34.1 Å². The van der Waals surface area contributed by atoms with Crippen LogP contribution in [0.2, 0.25) is 0 Å². The SMILES string of the molecule is CC(OC(=O)c1cc(C(F)(F)F)cc(C(F)(F)F)c1)C(=O)Nc1sccc1C(N)=O. The molecule has 30 heavy (non-hydrogen) atoms. The number of anilines is 1. The molecule has 0 bridgehead atoms. The number of hydrogen-bond donors (Lipinski definition) is 2. The molecule has 1 atom stereocenters. The molecule has 1 unspecified atom stereocenters. The molecule has 1 aromatic heterocycles. The number of nitrogens with one attached hydrogen (secondary N) is 1. The highest BCUT2D eigenvalue weighted by molar-refractivity contribution is 7.14. The summed E-state index contributed by atoms with van der Waals surface area (Å²) >= 11 is 0.925. The van der Waals surface area contributed by atoms with Crippen molar-refractivity contribution in [1.82, 2.24) is 0 Å². The molecule has 0 fully saturated rings. The van der Waals surface area contributed by atoms with E-state index in [1.165, 1.54) is 11.4 Å². The van der Waals surface area contributed by atoms with E-state index in [1.54, 1.807) is 0 Å². The van der Waals surface area contributed by atoms with Crippen molar-refractivity contribution in [3.05, 3.63) is 51.9 Å². The molecular weight excluding hydrogens is 442 g/mol. The Bertz CT molecular complexity index is 951. The Morgan fingerprint density at radius 1 is 1.03 bits per heavy atom. The fourth-order valence-electron chi connectivity index (χ4n) is 2.17. The standard InChI is InChI=1S/C17H12F6N2O4S/c1-7(13(27)25-14-11(12(24)26)2-3-30-14)29-15(28)8-4-9(16(18,19)20)6-10(5-8)17(21,22)23/h2-7H,1H3,(H2,24,26)(H,25,27). The third-order valence-corrected chi connectivity index (χ3v) is 4.47. The van der Waals surface area contributed by atoms with Crippen LogP contribution in [-0.2, 0) is 21.9 Å². The van der Waals surface area contributed by atoms with E-state index in [1.807, 2.05) is 0 Å². The third kappa shape index (κ3) is 5.49. The topological polar surface area (TPSA) is 98.5 Å². The summed E-state index contributed by atoms with van der Waals surface area (Å²) in [7, 11) is 0. The quantitative estimate of drug-likeness (QED) is 0.526. The first-order valence-corrected chi connectivity index (χ1v) is 8.76. The molecule has 2 aromatic rings. The molecule has 0 aliphatic heterocycles. The van der Waals surface area contributed by atoms with Gasteiger partial charge in [0.25, 0.3) is 11.8 Å². The van der Waals surface area contributed by atoms with Crippen molar-refractivity contribution in [3.63, 3.8) is 0 Å². The molecule has 13 heteroatoms. The van der Waals surface area contributed by atoms with E-state index in [-0.39, 0.29) is 28.8 Å². The molecule has 162 valence electrons. The van der Waals surface area contributed by atoms with E-state index in [0.29, 0.717) is 0 Å². The van der Waals surface area contributed by atoms with E-state index in [4.69, 9.17) is 5.73 Å². The van der Waals surface area contributed by atoms with Crippen molar-refractivity contribution in [1.29, 1.82) is 0 Å². The number of esters is 1. The summed E-state index contributed by atoms with van der Waals surface area (Å²) in [5, 5.41) is 3.72. The maximum atomic E-state index is 12.9. The van der Waals surface area contributed by atoms with Gasteiger partial charge in [-0.05, 0) is 36.6 Å². The number of rotatable bonds is 5. The summed E-state index contributed by atoms with van der Waals surface area (Å²) < 4.78 is 82.0. The fourth-order valence-corrected chi connectivity index (χ4v) is 2.96. The summed E-state index contributed by atoms with van der Waals surface area (Å²) in [6, 6.07) is 1.55. The second-order valence-corrected chi connectivity index (χ2v) is 6.78. The number of hydrogen-bond acceptors (Lipinski definition) is 5. The number of primary amides is 1. The summed E-state index contributed by atoms with van der Waals surface area (Å²) in [6.07, 6.45) is -11.9. The number of nitrogens with two attached hydrogens (primary N) is 1. The van der Waals surface area contributed by atoms with Crippen LogP contribution in [0.1, 0.15) is 38.8 Å². The van der Waals surface area contributed by atoms with Crippen molar-refractivity contribution < 1.29 is 45.5 Å². The van der Waals surface area contributed by atoms with Gasteiger partial charge < -0.3 is 15.8 Å². The molecule has 0 radical (unpaired) electrons. The number of carbonyl (C=O) groups is 3. The molecule has 1 heterocycles. The minimum absolute atomic E-state index is 0.0282. The Labute approximate surface area is 168 Å². The van der Waals surface area contributed by atoms with Crippen LogP contribution in [0.25, 0.3) is 0 Å².